The maximum Gasteiger partial charge on any atom is 0.490 e. The van der Waals surface area contributed by atoms with Crippen LogP contribution < -0.4 is 16.0 Å². The van der Waals surface area contributed by atoms with Gasteiger partial charge in [0.2, 0.25) is 0 Å². The second-order valence-electron chi connectivity index (χ2n) is 8.98. The number of benzene rings is 1. The van der Waals surface area contributed by atoms with E-state index in [0.29, 0.717) is 23.3 Å². The molecule has 2 aromatic heterocycles. The zero-order chi connectivity index (χ0) is 26.6. The molecule has 0 radical (unpaired) electrons. The largest absolute Gasteiger partial charge is 0.490 e. The normalized spacial score (nSPS) is 16.0. The van der Waals surface area contributed by atoms with E-state index in [2.05, 4.69) is 21.0 Å². The molecule has 0 amide bonds. The number of anilines is 3. The van der Waals surface area contributed by atoms with Gasteiger partial charge in [0.15, 0.2) is 5.65 Å². The molecule has 1 aromatic carbocycles. The monoisotopic (exact) mass is 519 g/mol. The Morgan fingerprint density at radius 2 is 1.89 bits per heavy atom. The van der Waals surface area contributed by atoms with E-state index in [9.17, 15) is 17.6 Å². The summed E-state index contributed by atoms with van der Waals surface area (Å²) in [5.41, 5.74) is 2.76. The molecule has 1 saturated carbocycles. The molecule has 4 N–H and O–H groups in total. The number of fused-ring (bicyclic) bond motifs is 1. The molecule has 1 saturated heterocycles. The number of aliphatic carboxylic acids is 1. The second kappa shape index (κ2) is 11.0. The van der Waals surface area contributed by atoms with Gasteiger partial charge in [-0.15, -0.1) is 0 Å². The summed E-state index contributed by atoms with van der Waals surface area (Å²) in [6.07, 6.45) is 1.43. The summed E-state index contributed by atoms with van der Waals surface area (Å²) >= 11 is 0. The van der Waals surface area contributed by atoms with Crippen LogP contribution in [-0.4, -0.2) is 51.5 Å². The van der Waals surface area contributed by atoms with E-state index >= 15 is 0 Å². The number of piperidine rings is 1. The fourth-order valence-corrected chi connectivity index (χ4v) is 4.05. The van der Waals surface area contributed by atoms with Gasteiger partial charge < -0.3 is 21.1 Å². The highest BCUT2D eigenvalue weighted by molar-refractivity contribution is 5.73. The molecule has 3 aromatic rings. The third-order valence-corrected chi connectivity index (χ3v) is 6.09. The number of nitrogens with zero attached hydrogens (tertiary/aromatic N) is 4. The number of carboxylic acid groups (broad SMARTS) is 1. The van der Waals surface area contributed by atoms with Crippen molar-refractivity contribution in [1.82, 2.24) is 19.9 Å². The Morgan fingerprint density at radius 3 is 2.51 bits per heavy atom. The summed E-state index contributed by atoms with van der Waals surface area (Å²) in [7, 11) is 0. The lowest BCUT2D eigenvalue weighted by molar-refractivity contribution is -0.192. The number of nitrogens with one attached hydrogen (secondary N) is 3. The Kier molecular flexibility index (Phi) is 7.77. The van der Waals surface area contributed by atoms with E-state index in [1.165, 1.54) is 12.1 Å². The fraction of sp³-hybridized carbons (Fsp3) is 0.417. The number of hydrogen-bond acceptors (Lipinski definition) is 7. The number of rotatable bonds is 6. The van der Waals surface area contributed by atoms with Gasteiger partial charge in [-0.3, -0.25) is 0 Å². The van der Waals surface area contributed by atoms with Crippen molar-refractivity contribution in [2.75, 3.05) is 30.3 Å². The van der Waals surface area contributed by atoms with E-state index in [1.54, 1.807) is 10.6 Å². The first-order valence-corrected chi connectivity index (χ1v) is 11.7. The van der Waals surface area contributed by atoms with Crippen molar-refractivity contribution in [3.63, 3.8) is 0 Å². The van der Waals surface area contributed by atoms with Gasteiger partial charge >= 0.3 is 12.1 Å². The molecule has 2 fully saturated rings. The SMILES string of the molecule is N#Cc1cc(F)cc(Nc2cc(NCC3CCNCC3)nc3c(C4CC4)cnn23)c1.O=C(O)C(F)(F)F. The van der Waals surface area contributed by atoms with Gasteiger partial charge in [0.05, 0.1) is 17.8 Å². The summed E-state index contributed by atoms with van der Waals surface area (Å²) in [6.45, 7) is 2.98. The van der Waals surface area contributed by atoms with Crippen molar-refractivity contribution in [1.29, 1.82) is 5.26 Å². The van der Waals surface area contributed by atoms with E-state index in [-0.39, 0.29) is 5.56 Å². The highest BCUT2D eigenvalue weighted by Gasteiger charge is 2.38. The fourth-order valence-electron chi connectivity index (χ4n) is 4.05. The molecule has 5 rings (SSSR count). The van der Waals surface area contributed by atoms with Crippen molar-refractivity contribution in [3.05, 3.63) is 47.4 Å². The number of nitriles is 1. The third kappa shape index (κ3) is 6.85. The molecular weight excluding hydrogens is 494 g/mol. The summed E-state index contributed by atoms with van der Waals surface area (Å²) in [4.78, 5) is 13.7. The standard InChI is InChI=1S/C22H24FN7.C2HF3O2/c23-17-7-15(11-24)8-18(9-17)28-21-10-20(26-12-14-3-5-25-6-4-14)29-22-19(16-1-2-16)13-27-30(21)22;3-2(4,5)1(6)7/h7-10,13-14,16,25,28H,1-6,12H2,(H,26,29);(H,6,7). The van der Waals surface area contributed by atoms with E-state index in [0.717, 1.165) is 62.3 Å². The number of halogens is 4. The molecule has 1 aliphatic heterocycles. The van der Waals surface area contributed by atoms with Crippen LogP contribution in [0.3, 0.4) is 0 Å². The Bertz CT molecular complexity index is 1310. The van der Waals surface area contributed by atoms with Crippen LogP contribution in [0, 0.1) is 23.1 Å². The zero-order valence-corrected chi connectivity index (χ0v) is 19.6. The molecule has 0 unspecified atom stereocenters. The number of carbonyl (C=O) groups is 1. The molecule has 3 heterocycles. The molecule has 0 atom stereocenters. The maximum atomic E-state index is 13.9. The zero-order valence-electron chi connectivity index (χ0n) is 19.6. The number of hydrogen-bond donors (Lipinski definition) is 4. The number of aromatic nitrogens is 3. The van der Waals surface area contributed by atoms with Crippen LogP contribution in [-0.2, 0) is 4.79 Å². The number of carboxylic acids is 1. The first kappa shape index (κ1) is 26.2. The van der Waals surface area contributed by atoms with Gasteiger partial charge in [0, 0.05) is 23.9 Å². The Hall–Kier alpha value is -3.92. The van der Waals surface area contributed by atoms with E-state index in [1.807, 2.05) is 18.3 Å². The van der Waals surface area contributed by atoms with Crippen molar-refractivity contribution in [2.24, 2.45) is 5.92 Å². The first-order chi connectivity index (χ1) is 17.6. The molecule has 1 aliphatic carbocycles. The molecule has 0 bridgehead atoms. The van der Waals surface area contributed by atoms with Gasteiger partial charge in [0.1, 0.15) is 17.5 Å². The van der Waals surface area contributed by atoms with Crippen molar-refractivity contribution in [3.8, 4) is 6.07 Å². The van der Waals surface area contributed by atoms with Crippen LogP contribution in [0.25, 0.3) is 5.65 Å². The molecule has 13 heteroatoms. The smallest absolute Gasteiger partial charge is 0.475 e. The van der Waals surface area contributed by atoms with Gasteiger partial charge in [-0.1, -0.05) is 0 Å². The van der Waals surface area contributed by atoms with Crippen molar-refractivity contribution >= 4 is 28.9 Å². The minimum atomic E-state index is -5.08. The average molecular weight is 520 g/mol. The second-order valence-corrected chi connectivity index (χ2v) is 8.98. The van der Waals surface area contributed by atoms with E-state index in [4.69, 9.17) is 20.1 Å². The molecule has 196 valence electrons. The van der Waals surface area contributed by atoms with Crippen molar-refractivity contribution in [2.45, 2.75) is 37.8 Å². The summed E-state index contributed by atoms with van der Waals surface area (Å²) in [5.74, 6) is -0.605. The Balaban J connectivity index is 0.000000405. The Morgan fingerprint density at radius 1 is 1.19 bits per heavy atom. The minimum Gasteiger partial charge on any atom is -0.475 e. The van der Waals surface area contributed by atoms with Crippen LogP contribution in [0.5, 0.6) is 0 Å². The van der Waals surface area contributed by atoms with Crippen molar-refractivity contribution < 1.29 is 27.5 Å². The summed E-state index contributed by atoms with van der Waals surface area (Å²) in [5, 5.41) is 30.9. The van der Waals surface area contributed by atoms with Crippen LogP contribution in [0.1, 0.15) is 42.7 Å². The predicted molar refractivity (Wildman–Crippen MR) is 127 cm³/mol. The molecule has 0 spiro atoms. The lowest BCUT2D eigenvalue weighted by atomic mass is 9.98. The number of alkyl halides is 3. The van der Waals surface area contributed by atoms with Crippen LogP contribution in [0.4, 0.5) is 34.9 Å². The van der Waals surface area contributed by atoms with Gasteiger partial charge in [-0.05, 0) is 68.8 Å². The first-order valence-electron chi connectivity index (χ1n) is 11.7. The summed E-state index contributed by atoms with van der Waals surface area (Å²) < 4.78 is 47.4. The highest BCUT2D eigenvalue weighted by atomic mass is 19.4. The quantitative estimate of drug-likeness (QED) is 0.353. The third-order valence-electron chi connectivity index (χ3n) is 6.09. The van der Waals surface area contributed by atoms with Crippen LogP contribution >= 0.6 is 0 Å². The van der Waals surface area contributed by atoms with Gasteiger partial charge in [0.25, 0.3) is 0 Å². The predicted octanol–water partition coefficient (Wildman–Crippen LogP) is 4.41. The van der Waals surface area contributed by atoms with Crippen LogP contribution in [0.15, 0.2) is 30.5 Å². The minimum absolute atomic E-state index is 0.270. The molecule has 2 aliphatic rings. The Labute approximate surface area is 209 Å². The summed E-state index contributed by atoms with van der Waals surface area (Å²) in [6, 6.07) is 8.12. The molecular formula is C24H25F4N7O2. The molecule has 37 heavy (non-hydrogen) atoms. The van der Waals surface area contributed by atoms with Crippen LogP contribution in [0.2, 0.25) is 0 Å². The average Bonchev–Trinajstić information content (AvgIpc) is 3.61. The van der Waals surface area contributed by atoms with Gasteiger partial charge in [-0.25, -0.2) is 14.2 Å². The maximum absolute atomic E-state index is 13.9. The topological polar surface area (TPSA) is 127 Å². The lowest BCUT2D eigenvalue weighted by Crippen LogP contribution is -2.31. The van der Waals surface area contributed by atoms with Gasteiger partial charge in [-0.2, -0.15) is 28.0 Å². The van der Waals surface area contributed by atoms with E-state index < -0.39 is 18.0 Å². The highest BCUT2D eigenvalue weighted by Crippen LogP contribution is 2.42. The lowest BCUT2D eigenvalue weighted by Gasteiger charge is -2.23. The molecule has 9 nitrogen and oxygen atoms in total.